The van der Waals surface area contributed by atoms with Crippen molar-refractivity contribution < 1.29 is 13.9 Å². The highest BCUT2D eigenvalue weighted by molar-refractivity contribution is 6.31. The van der Waals surface area contributed by atoms with Crippen molar-refractivity contribution in [2.75, 3.05) is 19.8 Å². The lowest BCUT2D eigenvalue weighted by Crippen LogP contribution is -2.42. The number of hydrogen-bond acceptors (Lipinski definition) is 4. The largest absolute Gasteiger partial charge is 0.451 e. The molecule has 1 atom stereocenters. The second-order valence-corrected chi connectivity index (χ2v) is 6.52. The maximum absolute atomic E-state index is 12.9. The van der Waals surface area contributed by atoms with Gasteiger partial charge in [0, 0.05) is 29.8 Å². The highest BCUT2D eigenvalue weighted by atomic mass is 35.5. The number of benzene rings is 1. The zero-order valence-corrected chi connectivity index (χ0v) is 14.6. The van der Waals surface area contributed by atoms with Crippen molar-refractivity contribution in [3.8, 4) is 0 Å². The second kappa shape index (κ2) is 6.54. The predicted octanol–water partition coefficient (Wildman–Crippen LogP) is 3.52. The van der Waals surface area contributed by atoms with Crippen LogP contribution in [0.2, 0.25) is 5.02 Å². The Bertz CT molecular complexity index is 917. The van der Waals surface area contributed by atoms with Gasteiger partial charge in [0.2, 0.25) is 0 Å². The summed E-state index contributed by atoms with van der Waals surface area (Å²) in [6.07, 6.45) is 3.58. The number of nitrogens with zero attached hydrogens (tertiary/aromatic N) is 3. The van der Waals surface area contributed by atoms with Crippen molar-refractivity contribution in [2.24, 2.45) is 0 Å². The van der Waals surface area contributed by atoms with Crippen LogP contribution in [0.5, 0.6) is 0 Å². The van der Waals surface area contributed by atoms with Crippen molar-refractivity contribution >= 4 is 28.5 Å². The number of fused-ring (bicyclic) bond motifs is 2. The molecule has 0 saturated carbocycles. The summed E-state index contributed by atoms with van der Waals surface area (Å²) in [5, 5.41) is 1.44. The van der Waals surface area contributed by atoms with Crippen molar-refractivity contribution in [1.29, 1.82) is 0 Å². The molecule has 3 heterocycles. The zero-order valence-electron chi connectivity index (χ0n) is 13.8. The first-order valence-electron chi connectivity index (χ1n) is 8.22. The Morgan fingerprint density at radius 1 is 1.44 bits per heavy atom. The van der Waals surface area contributed by atoms with Gasteiger partial charge in [-0.2, -0.15) is 0 Å². The number of ether oxygens (including phenoxy) is 1. The fourth-order valence-corrected chi connectivity index (χ4v) is 3.38. The van der Waals surface area contributed by atoms with Gasteiger partial charge in [0.1, 0.15) is 5.58 Å². The molecule has 4 rings (SSSR count). The van der Waals surface area contributed by atoms with Gasteiger partial charge in [-0.15, -0.1) is 0 Å². The Morgan fingerprint density at radius 3 is 3.16 bits per heavy atom. The average molecular weight is 360 g/mol. The summed E-state index contributed by atoms with van der Waals surface area (Å²) in [7, 11) is 0. The molecular weight excluding hydrogens is 342 g/mol. The van der Waals surface area contributed by atoms with E-state index in [2.05, 4.69) is 9.55 Å². The Labute approximate surface area is 149 Å². The quantitative estimate of drug-likeness (QED) is 0.715. The first-order valence-corrected chi connectivity index (χ1v) is 8.60. The maximum Gasteiger partial charge on any atom is 0.290 e. The lowest BCUT2D eigenvalue weighted by atomic mass is 10.2. The molecule has 2 aromatic heterocycles. The minimum Gasteiger partial charge on any atom is -0.451 e. The smallest absolute Gasteiger partial charge is 0.290 e. The van der Waals surface area contributed by atoms with E-state index < -0.39 is 0 Å². The summed E-state index contributed by atoms with van der Waals surface area (Å²) in [6.45, 7) is 4.19. The van der Waals surface area contributed by atoms with Gasteiger partial charge in [0.05, 0.1) is 31.2 Å². The number of halogens is 1. The van der Waals surface area contributed by atoms with Crippen LogP contribution >= 0.6 is 11.6 Å². The van der Waals surface area contributed by atoms with Crippen LogP contribution in [0.3, 0.4) is 0 Å². The number of furan rings is 1. The molecule has 25 heavy (non-hydrogen) atoms. The van der Waals surface area contributed by atoms with Gasteiger partial charge >= 0.3 is 0 Å². The van der Waals surface area contributed by atoms with E-state index in [1.165, 1.54) is 0 Å². The lowest BCUT2D eigenvalue weighted by Gasteiger charge is -2.33. The third kappa shape index (κ3) is 3.03. The molecule has 0 N–H and O–H groups in total. The van der Waals surface area contributed by atoms with Crippen molar-refractivity contribution in [3.63, 3.8) is 0 Å². The second-order valence-electron chi connectivity index (χ2n) is 6.08. The number of hydrogen-bond donors (Lipinski definition) is 0. The minimum atomic E-state index is -0.138. The molecule has 0 radical (unpaired) electrons. The summed E-state index contributed by atoms with van der Waals surface area (Å²) in [5.74, 6) is 0.182. The lowest BCUT2D eigenvalue weighted by molar-refractivity contribution is 0.0521. The summed E-state index contributed by atoms with van der Waals surface area (Å²) < 4.78 is 13.4. The number of amides is 1. The maximum atomic E-state index is 12.9. The van der Waals surface area contributed by atoms with Crippen LogP contribution in [0.1, 0.15) is 29.2 Å². The summed E-state index contributed by atoms with van der Waals surface area (Å²) in [6, 6.07) is 7.11. The number of aromatic nitrogens is 2. The van der Waals surface area contributed by atoms with Crippen LogP contribution in [-0.2, 0) is 11.3 Å². The Morgan fingerprint density at radius 2 is 2.32 bits per heavy atom. The van der Waals surface area contributed by atoms with Gasteiger partial charge in [0.25, 0.3) is 5.91 Å². The van der Waals surface area contributed by atoms with Crippen molar-refractivity contribution in [1.82, 2.24) is 14.5 Å². The fourth-order valence-electron chi connectivity index (χ4n) is 3.20. The topological polar surface area (TPSA) is 60.5 Å². The molecule has 1 unspecified atom stereocenters. The molecule has 0 bridgehead atoms. The SMILES string of the molecule is CCOCC1CN(C(=O)c2cc3cc(Cl)ccc3o2)Cc2cncn21. The van der Waals surface area contributed by atoms with E-state index in [-0.39, 0.29) is 11.9 Å². The highest BCUT2D eigenvalue weighted by Crippen LogP contribution is 2.27. The number of carbonyl (C=O) groups excluding carboxylic acids is 1. The van der Waals surface area contributed by atoms with Crippen LogP contribution in [0.25, 0.3) is 11.0 Å². The number of imidazole rings is 1. The van der Waals surface area contributed by atoms with Crippen LogP contribution in [0, 0.1) is 0 Å². The minimum absolute atomic E-state index is 0.0500. The highest BCUT2D eigenvalue weighted by Gasteiger charge is 2.30. The van der Waals surface area contributed by atoms with E-state index in [9.17, 15) is 4.79 Å². The van der Waals surface area contributed by atoms with Gasteiger partial charge in [-0.05, 0) is 31.2 Å². The molecule has 0 fully saturated rings. The Kier molecular flexibility index (Phi) is 4.23. The normalized spacial score (nSPS) is 17.0. The van der Waals surface area contributed by atoms with E-state index in [0.717, 1.165) is 11.1 Å². The number of carbonyl (C=O) groups is 1. The molecular formula is C18H18ClN3O3. The standard InChI is InChI=1S/C18H18ClN3O3/c1-2-24-10-15-9-21(8-14-7-20-11-22(14)15)18(23)17-6-12-5-13(19)3-4-16(12)25-17/h3-7,11,15H,2,8-10H2,1H3. The van der Waals surface area contributed by atoms with E-state index in [1.54, 1.807) is 41.7 Å². The first-order chi connectivity index (χ1) is 12.2. The Balaban J connectivity index is 1.61. The molecule has 0 saturated heterocycles. The fraction of sp³-hybridized carbons (Fsp3) is 0.333. The van der Waals surface area contributed by atoms with Gasteiger partial charge in [-0.3, -0.25) is 4.79 Å². The average Bonchev–Trinajstić information content (AvgIpc) is 3.24. The molecule has 1 aliphatic rings. The molecule has 7 heteroatoms. The molecule has 1 aromatic carbocycles. The van der Waals surface area contributed by atoms with Gasteiger partial charge in [-0.1, -0.05) is 11.6 Å². The molecule has 6 nitrogen and oxygen atoms in total. The van der Waals surface area contributed by atoms with Crippen LogP contribution in [0.15, 0.2) is 41.2 Å². The molecule has 3 aromatic rings. The van der Waals surface area contributed by atoms with E-state index in [0.29, 0.717) is 42.7 Å². The predicted molar refractivity (Wildman–Crippen MR) is 93.7 cm³/mol. The summed E-state index contributed by atoms with van der Waals surface area (Å²) >= 11 is 6.01. The molecule has 0 spiro atoms. The van der Waals surface area contributed by atoms with Gasteiger partial charge in [-0.25, -0.2) is 4.98 Å². The van der Waals surface area contributed by atoms with E-state index in [4.69, 9.17) is 20.8 Å². The van der Waals surface area contributed by atoms with Gasteiger partial charge in [0.15, 0.2) is 5.76 Å². The van der Waals surface area contributed by atoms with E-state index in [1.807, 2.05) is 6.92 Å². The monoisotopic (exact) mass is 359 g/mol. The van der Waals surface area contributed by atoms with Crippen molar-refractivity contribution in [3.05, 3.63) is 53.3 Å². The van der Waals surface area contributed by atoms with Crippen LogP contribution in [-0.4, -0.2) is 40.1 Å². The first kappa shape index (κ1) is 16.2. The zero-order chi connectivity index (χ0) is 17.4. The molecule has 130 valence electrons. The summed E-state index contributed by atoms with van der Waals surface area (Å²) in [4.78, 5) is 18.9. The number of rotatable bonds is 4. The van der Waals surface area contributed by atoms with Gasteiger partial charge < -0.3 is 18.6 Å². The van der Waals surface area contributed by atoms with Crippen LogP contribution < -0.4 is 0 Å². The summed E-state index contributed by atoms with van der Waals surface area (Å²) in [5.41, 5.74) is 1.64. The van der Waals surface area contributed by atoms with E-state index >= 15 is 0 Å². The van der Waals surface area contributed by atoms with Crippen LogP contribution in [0.4, 0.5) is 0 Å². The molecule has 1 aliphatic heterocycles. The Hall–Kier alpha value is -2.31. The molecule has 0 aliphatic carbocycles. The third-order valence-corrected chi connectivity index (χ3v) is 4.65. The van der Waals surface area contributed by atoms with Crippen molar-refractivity contribution in [2.45, 2.75) is 19.5 Å². The third-order valence-electron chi connectivity index (χ3n) is 4.41. The molecule has 1 amide bonds.